The highest BCUT2D eigenvalue weighted by Gasteiger charge is 2.29. The Balaban J connectivity index is 1.52. The molecule has 2 aromatic rings. The van der Waals surface area contributed by atoms with Crippen molar-refractivity contribution in [1.82, 2.24) is 15.1 Å². The maximum Gasteiger partial charge on any atom is 0.247 e. The number of benzene rings is 1. The molecule has 0 radical (unpaired) electrons. The van der Waals surface area contributed by atoms with Crippen molar-refractivity contribution in [2.75, 3.05) is 19.9 Å². The first-order chi connectivity index (χ1) is 12.1. The normalized spacial score (nSPS) is 19.5. The molecular weight excluding hydrogens is 322 g/mol. The van der Waals surface area contributed by atoms with Gasteiger partial charge >= 0.3 is 0 Å². The molecule has 7 heteroatoms. The van der Waals surface area contributed by atoms with E-state index in [1.54, 1.807) is 0 Å². The summed E-state index contributed by atoms with van der Waals surface area (Å²) in [6, 6.07) is 5.56. The molecule has 0 aliphatic carbocycles. The van der Waals surface area contributed by atoms with E-state index in [2.05, 4.69) is 10.2 Å². The minimum atomic E-state index is 0.00521. The molecule has 1 fully saturated rings. The number of nitrogens with zero attached hydrogens (tertiary/aromatic N) is 3. The first-order valence-corrected chi connectivity index (χ1v) is 8.64. The van der Waals surface area contributed by atoms with E-state index < -0.39 is 0 Å². The van der Waals surface area contributed by atoms with Gasteiger partial charge in [0.15, 0.2) is 11.5 Å². The van der Waals surface area contributed by atoms with Crippen molar-refractivity contribution in [3.8, 4) is 23.0 Å². The lowest BCUT2D eigenvalue weighted by Gasteiger charge is -2.32. The van der Waals surface area contributed by atoms with Gasteiger partial charge in [-0.15, -0.1) is 10.2 Å². The molecule has 25 heavy (non-hydrogen) atoms. The second-order valence-corrected chi connectivity index (χ2v) is 6.79. The zero-order chi connectivity index (χ0) is 17.4. The third-order valence-corrected chi connectivity index (χ3v) is 4.64. The highest BCUT2D eigenvalue weighted by Crippen LogP contribution is 2.36. The molecule has 1 amide bonds. The van der Waals surface area contributed by atoms with Gasteiger partial charge in [0.2, 0.25) is 24.5 Å². The Morgan fingerprint density at radius 2 is 2.08 bits per heavy atom. The van der Waals surface area contributed by atoms with Crippen LogP contribution in [0, 0.1) is 5.92 Å². The zero-order valence-corrected chi connectivity index (χ0v) is 14.4. The van der Waals surface area contributed by atoms with Gasteiger partial charge in [-0.2, -0.15) is 0 Å². The van der Waals surface area contributed by atoms with Crippen LogP contribution >= 0.6 is 0 Å². The Bertz CT molecular complexity index is 786. The zero-order valence-electron chi connectivity index (χ0n) is 14.4. The summed E-state index contributed by atoms with van der Waals surface area (Å²) in [7, 11) is 0. The Labute approximate surface area is 145 Å². The van der Waals surface area contributed by atoms with Gasteiger partial charge in [-0.05, 0) is 31.0 Å². The standard InChI is InChI=1S/C18H21N3O4/c1-11(2)18(22)21-7-3-4-13(9-21)17-20-19-16(25-17)12-5-6-14-15(8-12)24-10-23-14/h5-6,8,11,13H,3-4,7,9-10H2,1-2H3/t13-/m1/s1. The molecule has 132 valence electrons. The van der Waals surface area contributed by atoms with Crippen LogP contribution < -0.4 is 9.47 Å². The minimum absolute atomic E-state index is 0.00521. The molecule has 2 aliphatic heterocycles. The first kappa shape index (κ1) is 15.9. The quantitative estimate of drug-likeness (QED) is 0.853. The molecule has 0 spiro atoms. The Morgan fingerprint density at radius 1 is 1.24 bits per heavy atom. The monoisotopic (exact) mass is 343 g/mol. The largest absolute Gasteiger partial charge is 0.454 e. The molecular formula is C18H21N3O4. The lowest BCUT2D eigenvalue weighted by Crippen LogP contribution is -2.41. The minimum Gasteiger partial charge on any atom is -0.454 e. The van der Waals surface area contributed by atoms with E-state index in [-0.39, 0.29) is 24.5 Å². The van der Waals surface area contributed by atoms with Crippen LogP contribution in [-0.2, 0) is 4.79 Å². The molecule has 2 aliphatic rings. The van der Waals surface area contributed by atoms with Crippen LogP contribution in [0.15, 0.2) is 22.6 Å². The Hall–Kier alpha value is -2.57. The fourth-order valence-corrected chi connectivity index (χ4v) is 3.29. The molecule has 0 saturated carbocycles. The second-order valence-electron chi connectivity index (χ2n) is 6.79. The van der Waals surface area contributed by atoms with Crippen LogP contribution in [-0.4, -0.2) is 40.9 Å². The number of amides is 1. The third-order valence-electron chi connectivity index (χ3n) is 4.64. The predicted molar refractivity (Wildman–Crippen MR) is 89.3 cm³/mol. The molecule has 4 rings (SSSR count). The van der Waals surface area contributed by atoms with Crippen molar-refractivity contribution in [3.05, 3.63) is 24.1 Å². The number of likely N-dealkylation sites (tertiary alicyclic amines) is 1. The Kier molecular flexibility index (Phi) is 4.07. The predicted octanol–water partition coefficient (Wildman–Crippen LogP) is 2.83. The second kappa shape index (κ2) is 6.38. The van der Waals surface area contributed by atoms with Crippen LogP contribution in [0.2, 0.25) is 0 Å². The van der Waals surface area contributed by atoms with Gasteiger partial charge < -0.3 is 18.8 Å². The van der Waals surface area contributed by atoms with E-state index in [0.717, 1.165) is 30.7 Å². The van der Waals surface area contributed by atoms with Gasteiger partial charge in [-0.3, -0.25) is 4.79 Å². The summed E-state index contributed by atoms with van der Waals surface area (Å²) in [5.74, 6) is 2.73. The van der Waals surface area contributed by atoms with Crippen molar-refractivity contribution in [2.45, 2.75) is 32.6 Å². The number of ether oxygens (including phenoxy) is 2. The molecule has 1 aromatic carbocycles. The lowest BCUT2D eigenvalue weighted by atomic mass is 9.97. The third kappa shape index (κ3) is 3.06. The highest BCUT2D eigenvalue weighted by atomic mass is 16.7. The summed E-state index contributed by atoms with van der Waals surface area (Å²) in [5.41, 5.74) is 0.800. The van der Waals surface area contributed by atoms with E-state index in [1.165, 1.54) is 0 Å². The fraction of sp³-hybridized carbons (Fsp3) is 0.500. The molecule has 1 saturated heterocycles. The number of piperidine rings is 1. The van der Waals surface area contributed by atoms with Crippen LogP contribution in [0.5, 0.6) is 11.5 Å². The SMILES string of the molecule is CC(C)C(=O)N1CCC[C@@H](c2nnc(-c3ccc4c(c3)OCO4)o2)C1. The number of aromatic nitrogens is 2. The summed E-state index contributed by atoms with van der Waals surface area (Å²) < 4.78 is 16.6. The van der Waals surface area contributed by atoms with E-state index >= 15 is 0 Å². The molecule has 7 nitrogen and oxygen atoms in total. The van der Waals surface area contributed by atoms with Crippen molar-refractivity contribution in [3.63, 3.8) is 0 Å². The van der Waals surface area contributed by atoms with Crippen LogP contribution in [0.25, 0.3) is 11.5 Å². The summed E-state index contributed by atoms with van der Waals surface area (Å²) in [5, 5.41) is 8.40. The van der Waals surface area contributed by atoms with E-state index in [1.807, 2.05) is 36.9 Å². The van der Waals surface area contributed by atoms with Gasteiger partial charge in [0.05, 0.1) is 5.92 Å². The van der Waals surface area contributed by atoms with E-state index in [9.17, 15) is 4.79 Å². The summed E-state index contributed by atoms with van der Waals surface area (Å²) >= 11 is 0. The highest BCUT2D eigenvalue weighted by molar-refractivity contribution is 5.78. The summed E-state index contributed by atoms with van der Waals surface area (Å²) in [6.07, 6.45) is 1.90. The Morgan fingerprint density at radius 3 is 2.92 bits per heavy atom. The fourth-order valence-electron chi connectivity index (χ4n) is 3.29. The van der Waals surface area contributed by atoms with Crippen molar-refractivity contribution < 1.29 is 18.7 Å². The van der Waals surface area contributed by atoms with Gasteiger partial charge in [0.25, 0.3) is 0 Å². The van der Waals surface area contributed by atoms with Gasteiger partial charge in [-0.25, -0.2) is 0 Å². The molecule has 3 heterocycles. The molecule has 0 bridgehead atoms. The molecule has 1 atom stereocenters. The maximum atomic E-state index is 12.2. The van der Waals surface area contributed by atoms with Crippen LogP contribution in [0.3, 0.4) is 0 Å². The van der Waals surface area contributed by atoms with E-state index in [4.69, 9.17) is 13.9 Å². The van der Waals surface area contributed by atoms with Crippen molar-refractivity contribution in [2.24, 2.45) is 5.92 Å². The van der Waals surface area contributed by atoms with E-state index in [0.29, 0.717) is 24.1 Å². The van der Waals surface area contributed by atoms with Crippen LogP contribution in [0.4, 0.5) is 0 Å². The van der Waals surface area contributed by atoms with Crippen LogP contribution in [0.1, 0.15) is 38.5 Å². The number of fused-ring (bicyclic) bond motifs is 1. The molecule has 1 aromatic heterocycles. The molecule has 0 unspecified atom stereocenters. The summed E-state index contributed by atoms with van der Waals surface area (Å²) in [4.78, 5) is 14.1. The van der Waals surface area contributed by atoms with Crippen molar-refractivity contribution >= 4 is 5.91 Å². The lowest BCUT2D eigenvalue weighted by molar-refractivity contribution is -0.135. The average molecular weight is 343 g/mol. The van der Waals surface area contributed by atoms with Gasteiger partial charge in [0.1, 0.15) is 0 Å². The number of hydrogen-bond donors (Lipinski definition) is 0. The number of rotatable bonds is 3. The number of carbonyl (C=O) groups excluding carboxylic acids is 1. The topological polar surface area (TPSA) is 77.7 Å². The molecule has 0 N–H and O–H groups in total. The number of carbonyl (C=O) groups is 1. The maximum absolute atomic E-state index is 12.2. The number of hydrogen-bond acceptors (Lipinski definition) is 6. The van der Waals surface area contributed by atoms with Gasteiger partial charge in [0, 0.05) is 24.6 Å². The van der Waals surface area contributed by atoms with Crippen molar-refractivity contribution in [1.29, 1.82) is 0 Å². The summed E-state index contributed by atoms with van der Waals surface area (Å²) in [6.45, 7) is 5.53. The van der Waals surface area contributed by atoms with Gasteiger partial charge in [-0.1, -0.05) is 13.8 Å². The smallest absolute Gasteiger partial charge is 0.247 e. The first-order valence-electron chi connectivity index (χ1n) is 8.64. The average Bonchev–Trinajstić information content (AvgIpc) is 3.29.